The molecular weight excluding hydrogens is 305 g/mol. The molecule has 1 aromatic heterocycles. The fourth-order valence-corrected chi connectivity index (χ4v) is 3.44. The highest BCUT2D eigenvalue weighted by Gasteiger charge is 2.36. The average molecular weight is 322 g/mol. The Morgan fingerprint density at radius 2 is 1.95 bits per heavy atom. The van der Waals surface area contributed by atoms with Gasteiger partial charge in [-0.05, 0) is 12.3 Å². The Hall–Kier alpha value is -0.930. The zero-order valence-electron chi connectivity index (χ0n) is 11.5. The number of hydrogen-bond acceptors (Lipinski definition) is 6. The van der Waals surface area contributed by atoms with Crippen LogP contribution < -0.4 is 4.90 Å². The minimum Gasteiger partial charge on any atom is -0.381 e. The first-order valence-corrected chi connectivity index (χ1v) is 7.80. The zero-order valence-corrected chi connectivity index (χ0v) is 12.3. The van der Waals surface area contributed by atoms with Gasteiger partial charge in [0.05, 0.1) is 6.61 Å². The van der Waals surface area contributed by atoms with Crippen LogP contribution in [-0.2, 0) is 10.9 Å². The standard InChI is InChI=1S/C12H17F3N4OS/c13-12(14,15)10-16-17-11(21-10)19-4-2-18(3-5-19)7-9-1-6-20-8-9/h9H,1-8H2. The van der Waals surface area contributed by atoms with Gasteiger partial charge in [0.1, 0.15) is 0 Å². The first-order valence-electron chi connectivity index (χ1n) is 6.98. The predicted octanol–water partition coefficient (Wildman–Crippen LogP) is 1.72. The lowest BCUT2D eigenvalue weighted by Gasteiger charge is -2.35. The lowest BCUT2D eigenvalue weighted by Crippen LogP contribution is -2.47. The molecule has 0 amide bonds. The number of ether oxygens (including phenoxy) is 1. The lowest BCUT2D eigenvalue weighted by atomic mass is 10.1. The van der Waals surface area contributed by atoms with Crippen molar-refractivity contribution in [1.29, 1.82) is 0 Å². The topological polar surface area (TPSA) is 41.5 Å². The molecule has 2 fully saturated rings. The molecule has 5 nitrogen and oxygen atoms in total. The number of nitrogens with zero attached hydrogens (tertiary/aromatic N) is 4. The molecule has 1 unspecified atom stereocenters. The second-order valence-corrected chi connectivity index (χ2v) is 6.36. The maximum Gasteiger partial charge on any atom is 0.445 e. The van der Waals surface area contributed by atoms with E-state index in [-0.39, 0.29) is 0 Å². The molecule has 118 valence electrons. The summed E-state index contributed by atoms with van der Waals surface area (Å²) in [5.41, 5.74) is 0. The molecule has 2 aliphatic rings. The molecule has 0 aromatic carbocycles. The lowest BCUT2D eigenvalue weighted by molar-refractivity contribution is -0.138. The molecule has 3 rings (SSSR count). The van der Waals surface area contributed by atoms with Crippen molar-refractivity contribution in [2.45, 2.75) is 12.6 Å². The number of alkyl halides is 3. The van der Waals surface area contributed by atoms with Gasteiger partial charge in [-0.2, -0.15) is 13.2 Å². The second kappa shape index (κ2) is 6.05. The van der Waals surface area contributed by atoms with Gasteiger partial charge in [0, 0.05) is 39.3 Å². The summed E-state index contributed by atoms with van der Waals surface area (Å²) in [6.07, 6.45) is -3.30. The molecule has 2 saturated heterocycles. The van der Waals surface area contributed by atoms with Gasteiger partial charge in [0.15, 0.2) is 0 Å². The summed E-state index contributed by atoms with van der Waals surface area (Å²) in [6.45, 7) is 5.76. The van der Waals surface area contributed by atoms with Crippen molar-refractivity contribution in [2.24, 2.45) is 5.92 Å². The highest BCUT2D eigenvalue weighted by molar-refractivity contribution is 7.15. The third-order valence-electron chi connectivity index (χ3n) is 3.84. The third kappa shape index (κ3) is 3.64. The minimum atomic E-state index is -4.40. The van der Waals surface area contributed by atoms with E-state index < -0.39 is 11.2 Å². The van der Waals surface area contributed by atoms with Crippen LogP contribution in [0.15, 0.2) is 0 Å². The van der Waals surface area contributed by atoms with Crippen molar-refractivity contribution in [3.63, 3.8) is 0 Å². The molecule has 0 saturated carbocycles. The van der Waals surface area contributed by atoms with Gasteiger partial charge in [-0.25, -0.2) is 0 Å². The number of aromatic nitrogens is 2. The number of halogens is 3. The van der Waals surface area contributed by atoms with Crippen molar-refractivity contribution in [1.82, 2.24) is 15.1 Å². The minimum absolute atomic E-state index is 0.367. The quantitative estimate of drug-likeness (QED) is 0.847. The van der Waals surface area contributed by atoms with E-state index in [0.717, 1.165) is 39.3 Å². The summed E-state index contributed by atoms with van der Waals surface area (Å²) in [6, 6.07) is 0. The van der Waals surface area contributed by atoms with Crippen LogP contribution in [0, 0.1) is 5.92 Å². The predicted molar refractivity (Wildman–Crippen MR) is 72.5 cm³/mol. The van der Waals surface area contributed by atoms with E-state index in [9.17, 15) is 13.2 Å². The summed E-state index contributed by atoms with van der Waals surface area (Å²) < 4.78 is 42.9. The van der Waals surface area contributed by atoms with Crippen LogP contribution in [0.3, 0.4) is 0 Å². The largest absolute Gasteiger partial charge is 0.445 e. The first kappa shape index (κ1) is 15.0. The van der Waals surface area contributed by atoms with Crippen molar-refractivity contribution < 1.29 is 17.9 Å². The van der Waals surface area contributed by atoms with Crippen molar-refractivity contribution >= 4 is 16.5 Å². The third-order valence-corrected chi connectivity index (χ3v) is 4.87. The number of rotatable bonds is 3. The van der Waals surface area contributed by atoms with E-state index >= 15 is 0 Å². The summed E-state index contributed by atoms with van der Waals surface area (Å²) in [5.74, 6) is 0.593. The maximum absolute atomic E-state index is 12.5. The van der Waals surface area contributed by atoms with Gasteiger partial charge in [-0.15, -0.1) is 10.2 Å². The van der Waals surface area contributed by atoms with Crippen LogP contribution >= 0.6 is 11.3 Å². The normalized spacial score (nSPS) is 24.7. The van der Waals surface area contributed by atoms with E-state index in [4.69, 9.17) is 4.74 Å². The molecular formula is C12H17F3N4OS. The number of piperazine rings is 1. The molecule has 21 heavy (non-hydrogen) atoms. The van der Waals surface area contributed by atoms with Crippen molar-refractivity contribution in [3.8, 4) is 0 Å². The van der Waals surface area contributed by atoms with E-state index in [1.54, 1.807) is 0 Å². The van der Waals surface area contributed by atoms with Crippen LogP contribution in [0.4, 0.5) is 18.3 Å². The molecule has 1 aromatic rings. The van der Waals surface area contributed by atoms with E-state index in [1.165, 1.54) is 0 Å². The maximum atomic E-state index is 12.5. The molecule has 9 heteroatoms. The monoisotopic (exact) mass is 322 g/mol. The summed E-state index contributed by atoms with van der Waals surface area (Å²) in [7, 11) is 0. The van der Waals surface area contributed by atoms with Crippen molar-refractivity contribution in [3.05, 3.63) is 5.01 Å². The zero-order chi connectivity index (χ0) is 14.9. The van der Waals surface area contributed by atoms with Gasteiger partial charge in [-0.1, -0.05) is 11.3 Å². The molecule has 0 aliphatic carbocycles. The van der Waals surface area contributed by atoms with E-state index in [2.05, 4.69) is 15.1 Å². The fraction of sp³-hybridized carbons (Fsp3) is 0.833. The van der Waals surface area contributed by atoms with Crippen LogP contribution in [-0.4, -0.2) is 61.0 Å². The highest BCUT2D eigenvalue weighted by Crippen LogP contribution is 2.34. The van der Waals surface area contributed by atoms with Gasteiger partial charge in [0.2, 0.25) is 10.1 Å². The van der Waals surface area contributed by atoms with Gasteiger partial charge in [0.25, 0.3) is 0 Å². The Bertz CT molecular complexity index is 467. The smallest absolute Gasteiger partial charge is 0.381 e. The Labute approximate surface area is 124 Å². The Kier molecular flexibility index (Phi) is 4.32. The highest BCUT2D eigenvalue weighted by atomic mass is 32.1. The van der Waals surface area contributed by atoms with Crippen molar-refractivity contribution in [2.75, 3.05) is 50.8 Å². The SMILES string of the molecule is FC(F)(F)c1nnc(N2CCN(CC3CCOC3)CC2)s1. The Balaban J connectivity index is 1.52. The van der Waals surface area contributed by atoms with Crippen LogP contribution in [0.5, 0.6) is 0 Å². The molecule has 0 spiro atoms. The number of hydrogen-bond donors (Lipinski definition) is 0. The first-order chi connectivity index (χ1) is 10.0. The second-order valence-electron chi connectivity index (χ2n) is 5.40. The van der Waals surface area contributed by atoms with Crippen LogP contribution in [0.1, 0.15) is 11.4 Å². The van der Waals surface area contributed by atoms with Gasteiger partial charge in [-0.3, -0.25) is 4.90 Å². The molecule has 0 N–H and O–H groups in total. The summed E-state index contributed by atoms with van der Waals surface area (Å²) in [5, 5.41) is 6.40. The molecule has 3 heterocycles. The fourth-order valence-electron chi connectivity index (χ4n) is 2.67. The van der Waals surface area contributed by atoms with Crippen LogP contribution in [0.2, 0.25) is 0 Å². The molecule has 2 aliphatic heterocycles. The summed E-state index contributed by atoms with van der Waals surface area (Å²) in [4.78, 5) is 4.23. The molecule has 0 radical (unpaired) electrons. The van der Waals surface area contributed by atoms with E-state index in [1.807, 2.05) is 4.90 Å². The average Bonchev–Trinajstić information content (AvgIpc) is 3.09. The number of anilines is 1. The Morgan fingerprint density at radius 1 is 1.19 bits per heavy atom. The summed E-state index contributed by atoms with van der Waals surface area (Å²) >= 11 is 0.621. The van der Waals surface area contributed by atoms with E-state index in [0.29, 0.717) is 35.5 Å². The Morgan fingerprint density at radius 3 is 2.52 bits per heavy atom. The molecule has 1 atom stereocenters. The molecule has 0 bridgehead atoms. The van der Waals surface area contributed by atoms with Crippen LogP contribution in [0.25, 0.3) is 0 Å². The van der Waals surface area contributed by atoms with Gasteiger partial charge < -0.3 is 9.64 Å². The van der Waals surface area contributed by atoms with Gasteiger partial charge >= 0.3 is 6.18 Å².